The Morgan fingerprint density at radius 3 is 1.45 bits per heavy atom. The van der Waals surface area contributed by atoms with Crippen molar-refractivity contribution in [3.05, 3.63) is 290 Å². The van der Waals surface area contributed by atoms with Crippen LogP contribution in [0, 0.1) is 0 Å². The van der Waals surface area contributed by atoms with Gasteiger partial charge in [0.2, 0.25) is 0 Å². The molecule has 0 saturated heterocycles. The molecule has 0 spiro atoms. The summed E-state index contributed by atoms with van der Waals surface area (Å²) >= 11 is 0. The highest BCUT2D eigenvalue weighted by Crippen LogP contribution is 2.54. The molecule has 1 heterocycles. The molecule has 0 atom stereocenters. The van der Waals surface area contributed by atoms with Crippen LogP contribution >= 0.6 is 0 Å². The van der Waals surface area contributed by atoms with E-state index in [1.54, 1.807) is 0 Å². The van der Waals surface area contributed by atoms with E-state index >= 15 is 0 Å². The normalized spacial score (nSPS) is 14.2. The van der Waals surface area contributed by atoms with Crippen LogP contribution in [0.2, 0.25) is 0 Å². The number of nitrogens with zero attached hydrogens (tertiary/aromatic N) is 1. The number of allylic oxidation sites excluding steroid dienone is 5. The second kappa shape index (κ2) is 18.5. The van der Waals surface area contributed by atoms with Gasteiger partial charge in [-0.15, -0.1) is 0 Å². The van der Waals surface area contributed by atoms with Crippen molar-refractivity contribution in [3.63, 3.8) is 0 Å². The molecule has 10 aromatic rings. The van der Waals surface area contributed by atoms with E-state index in [1.165, 1.54) is 66.8 Å². The van der Waals surface area contributed by atoms with E-state index < -0.39 is 0 Å². The molecule has 0 radical (unpaired) electrons. The van der Waals surface area contributed by atoms with Crippen molar-refractivity contribution < 1.29 is 0 Å². The minimum Gasteiger partial charge on any atom is -0.361 e. The van der Waals surface area contributed by atoms with E-state index in [-0.39, 0.29) is 5.41 Å². The van der Waals surface area contributed by atoms with Gasteiger partial charge in [-0.25, -0.2) is 0 Å². The number of nitrogens with one attached hydrogen (secondary N) is 1. The molecular formula is C69H52N2. The fraction of sp³-hybridized carbons (Fsp3) is 0.0435. The summed E-state index contributed by atoms with van der Waals surface area (Å²) in [5.74, 6) is 0. The Morgan fingerprint density at radius 2 is 0.789 bits per heavy atom. The molecule has 0 bridgehead atoms. The lowest BCUT2D eigenvalue weighted by atomic mass is 9.75. The van der Waals surface area contributed by atoms with Crippen LogP contribution in [-0.2, 0) is 5.41 Å². The van der Waals surface area contributed by atoms with Gasteiger partial charge in [-0.3, -0.25) is 0 Å². The van der Waals surface area contributed by atoms with Crippen molar-refractivity contribution in [3.8, 4) is 66.8 Å². The zero-order valence-electron chi connectivity index (χ0n) is 39.9. The van der Waals surface area contributed by atoms with Crippen LogP contribution in [0.15, 0.2) is 273 Å². The topological polar surface area (TPSA) is 15.3 Å². The lowest BCUT2D eigenvalue weighted by Crippen LogP contribution is -2.17. The maximum Gasteiger partial charge on any atom is 0.0467 e. The van der Waals surface area contributed by atoms with Crippen molar-refractivity contribution in [2.24, 2.45) is 0 Å². The first kappa shape index (κ1) is 43.3. The standard InChI is InChI=1S/C69H52N2/c1-69(2)66-30-13-12-28-61(66)62-29-14-15-43-70-67-42-36-57(47-65(67)64-46-56(35-41-63(64)68(62)69)50-22-10-5-11-23-50)54-25-16-24-53(44-54)52-33-39-59(40-34-52)71(58-37-31-51(32-38-58)48-18-6-3-7-19-48)60-27-17-26-55(45-60)49-20-8-4-9-21-49/h3-47,70H,1-2H3/b29-14-,43-15+. The van der Waals surface area contributed by atoms with Gasteiger partial charge in [-0.2, -0.15) is 0 Å². The van der Waals surface area contributed by atoms with Crippen LogP contribution in [0.4, 0.5) is 22.7 Å². The Balaban J connectivity index is 0.935. The number of hydrogen-bond acceptors (Lipinski definition) is 2. The van der Waals surface area contributed by atoms with Gasteiger partial charge in [-0.05, 0) is 156 Å². The fourth-order valence-corrected chi connectivity index (χ4v) is 10.8. The largest absolute Gasteiger partial charge is 0.361 e. The Kier molecular flexibility index (Phi) is 11.3. The van der Waals surface area contributed by atoms with E-state index in [4.69, 9.17) is 0 Å². The number of anilines is 4. The van der Waals surface area contributed by atoms with Crippen molar-refractivity contribution in [1.82, 2.24) is 0 Å². The SMILES string of the molecule is CC1(C)C2=C(/C=C\C=C\Nc3ccc(-c4cccc(-c5ccc(N(c6ccc(-c7ccccc7)cc6)c6cccc(-c7ccccc7)c6)cc5)c4)cc3-c3cc(-c4ccccc4)ccc32)c2ccccc21. The van der Waals surface area contributed by atoms with Gasteiger partial charge >= 0.3 is 0 Å². The minimum absolute atomic E-state index is 0.220. The highest BCUT2D eigenvalue weighted by molar-refractivity contribution is 6.08. The molecule has 71 heavy (non-hydrogen) atoms. The zero-order chi connectivity index (χ0) is 47.7. The highest BCUT2D eigenvalue weighted by Gasteiger charge is 2.38. The van der Waals surface area contributed by atoms with E-state index in [2.05, 4.69) is 297 Å². The Bertz CT molecular complexity index is 3650. The first-order chi connectivity index (χ1) is 35.0. The molecule has 10 aromatic carbocycles. The summed E-state index contributed by atoms with van der Waals surface area (Å²) < 4.78 is 0. The summed E-state index contributed by atoms with van der Waals surface area (Å²) in [6.07, 6.45) is 8.62. The Hall–Kier alpha value is -8.98. The second-order valence-electron chi connectivity index (χ2n) is 19.0. The van der Waals surface area contributed by atoms with Gasteiger partial charge in [-0.1, -0.05) is 214 Å². The predicted octanol–water partition coefficient (Wildman–Crippen LogP) is 18.9. The third kappa shape index (κ3) is 8.30. The van der Waals surface area contributed by atoms with Gasteiger partial charge in [0.05, 0.1) is 0 Å². The van der Waals surface area contributed by atoms with Gasteiger partial charge < -0.3 is 10.2 Å². The van der Waals surface area contributed by atoms with Gasteiger partial charge in [0.15, 0.2) is 0 Å². The highest BCUT2D eigenvalue weighted by atomic mass is 15.1. The van der Waals surface area contributed by atoms with Crippen LogP contribution in [0.5, 0.6) is 0 Å². The molecule has 0 unspecified atom stereocenters. The van der Waals surface area contributed by atoms with Crippen molar-refractivity contribution >= 4 is 33.9 Å². The van der Waals surface area contributed by atoms with Crippen LogP contribution in [-0.4, -0.2) is 0 Å². The maximum absolute atomic E-state index is 3.69. The summed E-state index contributed by atoms with van der Waals surface area (Å²) in [6, 6.07) is 90.6. The summed E-state index contributed by atoms with van der Waals surface area (Å²) in [6.45, 7) is 4.76. The van der Waals surface area contributed by atoms with Crippen LogP contribution < -0.4 is 10.2 Å². The summed E-state index contributed by atoms with van der Waals surface area (Å²) in [7, 11) is 0. The molecule has 2 aliphatic rings. The maximum atomic E-state index is 3.69. The zero-order valence-corrected chi connectivity index (χ0v) is 39.9. The fourth-order valence-electron chi connectivity index (χ4n) is 10.8. The van der Waals surface area contributed by atoms with Gasteiger partial charge in [0, 0.05) is 39.9 Å². The molecule has 0 amide bonds. The monoisotopic (exact) mass is 908 g/mol. The lowest BCUT2D eigenvalue weighted by Gasteiger charge is -2.28. The third-order valence-electron chi connectivity index (χ3n) is 14.3. The summed E-state index contributed by atoms with van der Waals surface area (Å²) in [5.41, 5.74) is 24.8. The van der Waals surface area contributed by atoms with E-state index in [0.29, 0.717) is 0 Å². The van der Waals surface area contributed by atoms with Gasteiger partial charge in [0.1, 0.15) is 0 Å². The predicted molar refractivity (Wildman–Crippen MR) is 302 cm³/mol. The average Bonchev–Trinajstić information content (AvgIpc) is 3.65. The first-order valence-electron chi connectivity index (χ1n) is 24.6. The van der Waals surface area contributed by atoms with Crippen LogP contribution in [0.3, 0.4) is 0 Å². The molecule has 338 valence electrons. The molecule has 0 aromatic heterocycles. The molecule has 0 fully saturated rings. The number of hydrogen-bond donors (Lipinski definition) is 1. The van der Waals surface area contributed by atoms with Gasteiger partial charge in [0.25, 0.3) is 0 Å². The molecular weight excluding hydrogens is 857 g/mol. The van der Waals surface area contributed by atoms with Crippen LogP contribution in [0.25, 0.3) is 77.9 Å². The number of benzene rings is 10. The van der Waals surface area contributed by atoms with Crippen LogP contribution in [0.1, 0.15) is 30.5 Å². The van der Waals surface area contributed by atoms with Crippen molar-refractivity contribution in [1.29, 1.82) is 0 Å². The molecule has 12 rings (SSSR count). The Morgan fingerprint density at radius 1 is 0.324 bits per heavy atom. The number of fused-ring (bicyclic) bond motifs is 6. The molecule has 1 N–H and O–H groups in total. The molecule has 2 heteroatoms. The first-order valence-corrected chi connectivity index (χ1v) is 24.6. The van der Waals surface area contributed by atoms with E-state index in [0.717, 1.165) is 50.6 Å². The summed E-state index contributed by atoms with van der Waals surface area (Å²) in [4.78, 5) is 2.36. The summed E-state index contributed by atoms with van der Waals surface area (Å²) in [5, 5.41) is 3.69. The minimum atomic E-state index is -0.220. The molecule has 0 saturated carbocycles. The van der Waals surface area contributed by atoms with Crippen molar-refractivity contribution in [2.75, 3.05) is 10.2 Å². The molecule has 1 aliphatic carbocycles. The number of rotatable bonds is 8. The molecule has 1 aliphatic heterocycles. The van der Waals surface area contributed by atoms with E-state index in [9.17, 15) is 0 Å². The molecule has 2 nitrogen and oxygen atoms in total. The van der Waals surface area contributed by atoms with Crippen molar-refractivity contribution in [2.45, 2.75) is 19.3 Å². The lowest BCUT2D eigenvalue weighted by molar-refractivity contribution is 0.704. The Labute approximate surface area is 417 Å². The van der Waals surface area contributed by atoms with E-state index in [1.807, 2.05) is 0 Å². The smallest absolute Gasteiger partial charge is 0.0467 e. The third-order valence-corrected chi connectivity index (χ3v) is 14.3. The average molecular weight is 909 g/mol. The quantitative estimate of drug-likeness (QED) is 0.163. The second-order valence-corrected chi connectivity index (χ2v) is 19.0.